The van der Waals surface area contributed by atoms with Crippen LogP contribution in [0, 0.1) is 17.7 Å². The number of hydrogen-bond acceptors (Lipinski definition) is 2. The van der Waals surface area contributed by atoms with Crippen molar-refractivity contribution in [2.24, 2.45) is 11.8 Å². The van der Waals surface area contributed by atoms with E-state index in [1.165, 1.54) is 23.3 Å². The number of imide groups is 1. The number of halogens is 1. The molecule has 0 bridgehead atoms. The number of carbonyl (C=O) groups is 2. The van der Waals surface area contributed by atoms with Gasteiger partial charge in [0, 0.05) is 0 Å². The molecule has 2 unspecified atom stereocenters. The Morgan fingerprint density at radius 2 is 1.50 bits per heavy atom. The standard InChI is InChI=1S/C16H16FNO2/c1-9-7-11-12(8-10(9)2)16(20)18(15(11)19)14-6-4-3-5-13(14)17/h3-6,11-12H,7-8H2,1-2H3. The summed E-state index contributed by atoms with van der Waals surface area (Å²) in [5.74, 6) is -1.72. The summed E-state index contributed by atoms with van der Waals surface area (Å²) in [4.78, 5) is 26.0. The van der Waals surface area contributed by atoms with Crippen molar-refractivity contribution in [3.8, 4) is 0 Å². The third-order valence-corrected chi connectivity index (χ3v) is 4.43. The normalized spacial score (nSPS) is 26.2. The fraction of sp³-hybridized carbons (Fsp3) is 0.375. The number of hydrogen-bond donors (Lipinski definition) is 0. The van der Waals surface area contributed by atoms with Crippen molar-refractivity contribution in [3.63, 3.8) is 0 Å². The molecule has 1 aromatic rings. The van der Waals surface area contributed by atoms with Gasteiger partial charge in [0.2, 0.25) is 11.8 Å². The summed E-state index contributed by atoms with van der Waals surface area (Å²) in [6.07, 6.45) is 1.21. The minimum atomic E-state index is -0.533. The summed E-state index contributed by atoms with van der Waals surface area (Å²) in [6.45, 7) is 3.99. The van der Waals surface area contributed by atoms with Crippen molar-refractivity contribution in [1.29, 1.82) is 0 Å². The average molecular weight is 273 g/mol. The van der Waals surface area contributed by atoms with Crippen molar-refractivity contribution < 1.29 is 14.0 Å². The van der Waals surface area contributed by atoms with Gasteiger partial charge >= 0.3 is 0 Å². The van der Waals surface area contributed by atoms with Gasteiger partial charge in [0.05, 0.1) is 17.5 Å². The van der Waals surface area contributed by atoms with Crippen LogP contribution in [0.2, 0.25) is 0 Å². The molecule has 4 heteroatoms. The summed E-state index contributed by atoms with van der Waals surface area (Å²) < 4.78 is 13.9. The Kier molecular flexibility index (Phi) is 2.96. The van der Waals surface area contributed by atoms with Crippen LogP contribution in [0.1, 0.15) is 26.7 Å². The van der Waals surface area contributed by atoms with Gasteiger partial charge < -0.3 is 0 Å². The van der Waals surface area contributed by atoms with E-state index >= 15 is 0 Å². The van der Waals surface area contributed by atoms with Gasteiger partial charge in [-0.25, -0.2) is 9.29 Å². The van der Waals surface area contributed by atoms with Gasteiger partial charge in [0.15, 0.2) is 0 Å². The van der Waals surface area contributed by atoms with Crippen LogP contribution in [-0.4, -0.2) is 11.8 Å². The second-order valence-corrected chi connectivity index (χ2v) is 5.65. The summed E-state index contributed by atoms with van der Waals surface area (Å²) in [6, 6.07) is 5.94. The molecule has 0 spiro atoms. The lowest BCUT2D eigenvalue weighted by Crippen LogP contribution is -2.31. The van der Waals surface area contributed by atoms with E-state index in [-0.39, 0.29) is 29.3 Å². The zero-order chi connectivity index (χ0) is 14.4. The lowest BCUT2D eigenvalue weighted by molar-refractivity contribution is -0.122. The van der Waals surface area contributed by atoms with Gasteiger partial charge in [-0.15, -0.1) is 0 Å². The molecule has 1 aromatic carbocycles. The highest BCUT2D eigenvalue weighted by molar-refractivity contribution is 6.22. The third kappa shape index (κ3) is 1.79. The number of allylic oxidation sites excluding steroid dienone is 2. The predicted octanol–water partition coefficient (Wildman–Crippen LogP) is 3.06. The Hall–Kier alpha value is -1.97. The maximum absolute atomic E-state index is 13.9. The summed E-state index contributed by atoms with van der Waals surface area (Å²) in [5.41, 5.74) is 2.41. The predicted molar refractivity (Wildman–Crippen MR) is 73.5 cm³/mol. The van der Waals surface area contributed by atoms with E-state index in [0.717, 1.165) is 4.90 Å². The van der Waals surface area contributed by atoms with Gasteiger partial charge in [-0.3, -0.25) is 9.59 Å². The first-order valence-corrected chi connectivity index (χ1v) is 6.78. The molecule has 104 valence electrons. The van der Waals surface area contributed by atoms with Crippen LogP contribution in [0.5, 0.6) is 0 Å². The molecule has 3 rings (SSSR count). The van der Waals surface area contributed by atoms with E-state index in [0.29, 0.717) is 12.8 Å². The molecular weight excluding hydrogens is 257 g/mol. The van der Waals surface area contributed by atoms with E-state index in [9.17, 15) is 14.0 Å². The van der Waals surface area contributed by atoms with Crippen LogP contribution in [0.4, 0.5) is 10.1 Å². The van der Waals surface area contributed by atoms with Crippen LogP contribution in [-0.2, 0) is 9.59 Å². The van der Waals surface area contributed by atoms with Gasteiger partial charge in [-0.05, 0) is 38.8 Å². The fourth-order valence-corrected chi connectivity index (χ4v) is 3.12. The zero-order valence-corrected chi connectivity index (χ0v) is 11.5. The fourth-order valence-electron chi connectivity index (χ4n) is 3.12. The first-order valence-electron chi connectivity index (χ1n) is 6.78. The van der Waals surface area contributed by atoms with E-state index in [1.54, 1.807) is 12.1 Å². The number of benzene rings is 1. The first kappa shape index (κ1) is 13.0. The van der Waals surface area contributed by atoms with Crippen molar-refractivity contribution in [1.82, 2.24) is 0 Å². The van der Waals surface area contributed by atoms with Gasteiger partial charge in [-0.1, -0.05) is 23.3 Å². The molecule has 1 aliphatic heterocycles. The number of carbonyl (C=O) groups excluding carboxylic acids is 2. The maximum Gasteiger partial charge on any atom is 0.238 e. The number of rotatable bonds is 1. The van der Waals surface area contributed by atoms with Crippen LogP contribution in [0.15, 0.2) is 35.4 Å². The smallest absolute Gasteiger partial charge is 0.238 e. The molecule has 0 saturated carbocycles. The lowest BCUT2D eigenvalue weighted by Gasteiger charge is -2.23. The van der Waals surface area contributed by atoms with E-state index in [1.807, 2.05) is 13.8 Å². The monoisotopic (exact) mass is 273 g/mol. The van der Waals surface area contributed by atoms with E-state index < -0.39 is 5.82 Å². The largest absolute Gasteiger partial charge is 0.274 e. The maximum atomic E-state index is 13.9. The molecule has 1 heterocycles. The number of amides is 2. The number of anilines is 1. The van der Waals surface area contributed by atoms with Crippen LogP contribution in [0.3, 0.4) is 0 Å². The Morgan fingerprint density at radius 3 is 2.00 bits per heavy atom. The van der Waals surface area contributed by atoms with Crippen LogP contribution in [0.25, 0.3) is 0 Å². The lowest BCUT2D eigenvalue weighted by atomic mass is 9.78. The van der Waals surface area contributed by atoms with E-state index in [4.69, 9.17) is 0 Å². The topological polar surface area (TPSA) is 37.4 Å². The van der Waals surface area contributed by atoms with Crippen molar-refractivity contribution in [3.05, 3.63) is 41.2 Å². The molecule has 3 nitrogen and oxygen atoms in total. The molecule has 2 atom stereocenters. The highest BCUT2D eigenvalue weighted by Crippen LogP contribution is 2.42. The molecular formula is C16H16FNO2. The quantitative estimate of drug-likeness (QED) is 0.582. The second kappa shape index (κ2) is 4.54. The average Bonchev–Trinajstić information content (AvgIpc) is 2.64. The third-order valence-electron chi connectivity index (χ3n) is 4.43. The Morgan fingerprint density at radius 1 is 1.00 bits per heavy atom. The Balaban J connectivity index is 2.00. The molecule has 1 saturated heterocycles. The Bertz CT molecular complexity index is 603. The van der Waals surface area contributed by atoms with E-state index in [2.05, 4.69) is 0 Å². The molecule has 1 fully saturated rings. The first-order chi connectivity index (χ1) is 9.50. The van der Waals surface area contributed by atoms with Gasteiger partial charge in [0.1, 0.15) is 5.82 Å². The Labute approximate surface area is 117 Å². The molecule has 20 heavy (non-hydrogen) atoms. The summed E-state index contributed by atoms with van der Waals surface area (Å²) in [7, 11) is 0. The zero-order valence-electron chi connectivity index (χ0n) is 11.5. The highest BCUT2D eigenvalue weighted by atomic mass is 19.1. The van der Waals surface area contributed by atoms with Crippen LogP contribution < -0.4 is 4.90 Å². The minimum Gasteiger partial charge on any atom is -0.274 e. The number of fused-ring (bicyclic) bond motifs is 1. The van der Waals surface area contributed by atoms with Crippen LogP contribution >= 0.6 is 0 Å². The molecule has 0 aromatic heterocycles. The number of nitrogens with zero attached hydrogens (tertiary/aromatic N) is 1. The molecule has 0 N–H and O–H groups in total. The molecule has 1 aliphatic carbocycles. The molecule has 2 aliphatic rings. The minimum absolute atomic E-state index is 0.0761. The van der Waals surface area contributed by atoms with Crippen molar-refractivity contribution >= 4 is 17.5 Å². The highest BCUT2D eigenvalue weighted by Gasteiger charge is 2.50. The SMILES string of the molecule is CC1=C(C)CC2C(=O)N(c3ccccc3F)C(=O)C2C1. The second-order valence-electron chi connectivity index (χ2n) is 5.65. The van der Waals surface area contributed by atoms with Gasteiger partial charge in [0.25, 0.3) is 0 Å². The van der Waals surface area contributed by atoms with Crippen molar-refractivity contribution in [2.45, 2.75) is 26.7 Å². The number of para-hydroxylation sites is 1. The summed E-state index contributed by atoms with van der Waals surface area (Å²) in [5, 5.41) is 0. The molecule has 0 radical (unpaired) electrons. The molecule has 2 amide bonds. The van der Waals surface area contributed by atoms with Gasteiger partial charge in [-0.2, -0.15) is 0 Å². The van der Waals surface area contributed by atoms with Crippen molar-refractivity contribution in [2.75, 3.05) is 4.90 Å². The summed E-state index contributed by atoms with van der Waals surface area (Å²) >= 11 is 0.